The van der Waals surface area contributed by atoms with Gasteiger partial charge in [0.1, 0.15) is 0 Å². The first-order valence-corrected chi connectivity index (χ1v) is 5.27. The Kier molecular flexibility index (Phi) is 3.33. The van der Waals surface area contributed by atoms with Crippen LogP contribution < -0.4 is 5.32 Å². The predicted molar refractivity (Wildman–Crippen MR) is 62.4 cm³/mol. The summed E-state index contributed by atoms with van der Waals surface area (Å²) in [7, 11) is 2.03. The average molecular weight is 191 g/mol. The molecule has 1 nitrogen and oxygen atoms in total. The Bertz CT molecular complexity index is 304. The maximum absolute atomic E-state index is 3.44. The fourth-order valence-electron chi connectivity index (χ4n) is 1.89. The average Bonchev–Trinajstić information content (AvgIpc) is 2.17. The van der Waals surface area contributed by atoms with Gasteiger partial charge >= 0.3 is 0 Å². The predicted octanol–water partition coefficient (Wildman–Crippen LogP) is 3.09. The van der Waals surface area contributed by atoms with E-state index in [4.69, 9.17) is 0 Å². The van der Waals surface area contributed by atoms with Gasteiger partial charge in [0.05, 0.1) is 0 Å². The molecule has 0 spiro atoms. The molecule has 1 atom stereocenters. The molecule has 1 rings (SSSR count). The second-order valence-corrected chi connectivity index (χ2v) is 4.42. The summed E-state index contributed by atoms with van der Waals surface area (Å²) >= 11 is 0. The van der Waals surface area contributed by atoms with Crippen LogP contribution in [0.2, 0.25) is 0 Å². The highest BCUT2D eigenvalue weighted by Gasteiger charge is 2.29. The van der Waals surface area contributed by atoms with E-state index in [-0.39, 0.29) is 5.54 Å². The molecule has 0 heterocycles. The molecule has 0 saturated heterocycles. The van der Waals surface area contributed by atoms with Gasteiger partial charge in [0.15, 0.2) is 0 Å². The zero-order valence-electron chi connectivity index (χ0n) is 9.89. The van der Waals surface area contributed by atoms with Gasteiger partial charge in [-0.1, -0.05) is 38.1 Å². The van der Waals surface area contributed by atoms with E-state index in [1.165, 1.54) is 11.1 Å². The number of hydrogen-bond donors (Lipinski definition) is 1. The molecule has 78 valence electrons. The third kappa shape index (κ3) is 1.83. The number of rotatable bonds is 3. The van der Waals surface area contributed by atoms with Crippen molar-refractivity contribution in [3.8, 4) is 0 Å². The highest BCUT2D eigenvalue weighted by molar-refractivity contribution is 5.32. The van der Waals surface area contributed by atoms with E-state index in [0.717, 1.165) is 0 Å². The Morgan fingerprint density at radius 3 is 2.21 bits per heavy atom. The minimum absolute atomic E-state index is 0.0747. The SMILES string of the molecule is CNC(C)(c1ccccc1C)C(C)C. The van der Waals surface area contributed by atoms with E-state index in [9.17, 15) is 0 Å². The maximum Gasteiger partial charge on any atom is 0.0429 e. The van der Waals surface area contributed by atoms with Crippen molar-refractivity contribution in [2.24, 2.45) is 5.92 Å². The molecule has 0 amide bonds. The number of hydrogen-bond acceptors (Lipinski definition) is 1. The van der Waals surface area contributed by atoms with Gasteiger partial charge in [-0.25, -0.2) is 0 Å². The Balaban J connectivity index is 3.19. The maximum atomic E-state index is 3.44. The standard InChI is InChI=1S/C13H21N/c1-10(2)13(4,14-5)12-9-7-6-8-11(12)3/h6-10,14H,1-5H3. The van der Waals surface area contributed by atoms with Crippen LogP contribution in [0.25, 0.3) is 0 Å². The molecule has 1 heteroatoms. The summed E-state index contributed by atoms with van der Waals surface area (Å²) in [4.78, 5) is 0. The third-order valence-corrected chi connectivity index (χ3v) is 3.38. The Morgan fingerprint density at radius 1 is 1.21 bits per heavy atom. The Hall–Kier alpha value is -0.820. The summed E-state index contributed by atoms with van der Waals surface area (Å²) in [5.74, 6) is 0.577. The first-order valence-electron chi connectivity index (χ1n) is 5.27. The van der Waals surface area contributed by atoms with Gasteiger partial charge in [0.25, 0.3) is 0 Å². The highest BCUT2D eigenvalue weighted by Crippen LogP contribution is 2.30. The second-order valence-electron chi connectivity index (χ2n) is 4.42. The van der Waals surface area contributed by atoms with Gasteiger partial charge in [-0.15, -0.1) is 0 Å². The second kappa shape index (κ2) is 4.14. The lowest BCUT2D eigenvalue weighted by molar-refractivity contribution is 0.285. The summed E-state index contributed by atoms with van der Waals surface area (Å²) < 4.78 is 0. The normalized spacial score (nSPS) is 15.6. The first-order chi connectivity index (χ1) is 6.52. The number of benzene rings is 1. The summed E-state index contributed by atoms with van der Waals surface area (Å²) in [5.41, 5.74) is 2.83. The topological polar surface area (TPSA) is 12.0 Å². The zero-order valence-corrected chi connectivity index (χ0v) is 9.89. The van der Waals surface area contributed by atoms with E-state index in [1.54, 1.807) is 0 Å². The summed E-state index contributed by atoms with van der Waals surface area (Å²) in [5, 5.41) is 3.44. The molecule has 14 heavy (non-hydrogen) atoms. The third-order valence-electron chi connectivity index (χ3n) is 3.38. The van der Waals surface area contributed by atoms with Crippen molar-refractivity contribution in [1.29, 1.82) is 0 Å². The van der Waals surface area contributed by atoms with Crippen molar-refractivity contribution in [3.05, 3.63) is 35.4 Å². The van der Waals surface area contributed by atoms with E-state index in [1.807, 2.05) is 7.05 Å². The number of nitrogens with one attached hydrogen (secondary N) is 1. The quantitative estimate of drug-likeness (QED) is 0.774. The Labute approximate surface area is 87.5 Å². The van der Waals surface area contributed by atoms with Gasteiger partial charge in [-0.2, -0.15) is 0 Å². The molecule has 1 N–H and O–H groups in total. The van der Waals surface area contributed by atoms with Crippen LogP contribution in [0.5, 0.6) is 0 Å². The molecule has 1 unspecified atom stereocenters. The molecular formula is C13H21N. The van der Waals surface area contributed by atoms with Crippen LogP contribution in [0.3, 0.4) is 0 Å². The lowest BCUT2D eigenvalue weighted by Crippen LogP contribution is -2.42. The van der Waals surface area contributed by atoms with Crippen molar-refractivity contribution in [1.82, 2.24) is 5.32 Å². The zero-order chi connectivity index (χ0) is 10.8. The van der Waals surface area contributed by atoms with Crippen molar-refractivity contribution < 1.29 is 0 Å². The minimum Gasteiger partial charge on any atom is -0.310 e. The van der Waals surface area contributed by atoms with Crippen LogP contribution in [-0.2, 0) is 5.54 Å². The number of aryl methyl sites for hydroxylation is 1. The molecule has 1 aromatic carbocycles. The van der Waals surface area contributed by atoms with Crippen molar-refractivity contribution in [2.45, 2.75) is 33.2 Å². The fourth-order valence-corrected chi connectivity index (χ4v) is 1.89. The van der Waals surface area contributed by atoms with E-state index in [0.29, 0.717) is 5.92 Å². The van der Waals surface area contributed by atoms with Crippen LogP contribution in [0.1, 0.15) is 31.9 Å². The fraction of sp³-hybridized carbons (Fsp3) is 0.538. The lowest BCUT2D eigenvalue weighted by Gasteiger charge is -2.35. The first kappa shape index (κ1) is 11.3. The van der Waals surface area contributed by atoms with Crippen LogP contribution in [0, 0.1) is 12.8 Å². The molecule has 0 aliphatic carbocycles. The molecule has 0 radical (unpaired) electrons. The van der Waals surface area contributed by atoms with Crippen molar-refractivity contribution in [3.63, 3.8) is 0 Å². The monoisotopic (exact) mass is 191 g/mol. The smallest absolute Gasteiger partial charge is 0.0429 e. The van der Waals surface area contributed by atoms with Gasteiger partial charge < -0.3 is 5.32 Å². The lowest BCUT2D eigenvalue weighted by atomic mass is 9.80. The van der Waals surface area contributed by atoms with Crippen molar-refractivity contribution >= 4 is 0 Å². The minimum atomic E-state index is 0.0747. The van der Waals surface area contributed by atoms with Crippen molar-refractivity contribution in [2.75, 3.05) is 7.05 Å². The van der Waals surface area contributed by atoms with Gasteiger partial charge in [-0.3, -0.25) is 0 Å². The summed E-state index contributed by atoms with van der Waals surface area (Å²) in [6.45, 7) is 8.94. The molecular weight excluding hydrogens is 170 g/mol. The van der Waals surface area contributed by atoms with E-state index < -0.39 is 0 Å². The summed E-state index contributed by atoms with van der Waals surface area (Å²) in [6.07, 6.45) is 0. The molecule has 0 aromatic heterocycles. The largest absolute Gasteiger partial charge is 0.310 e. The molecule has 0 aliphatic rings. The highest BCUT2D eigenvalue weighted by atomic mass is 14.9. The van der Waals surface area contributed by atoms with Gasteiger partial charge in [-0.05, 0) is 37.9 Å². The van der Waals surface area contributed by atoms with E-state index >= 15 is 0 Å². The molecule has 1 aromatic rings. The van der Waals surface area contributed by atoms with Crippen LogP contribution >= 0.6 is 0 Å². The van der Waals surface area contributed by atoms with Gasteiger partial charge in [0.2, 0.25) is 0 Å². The molecule has 0 fully saturated rings. The molecule has 0 bridgehead atoms. The molecule has 0 aliphatic heterocycles. The van der Waals surface area contributed by atoms with Crippen LogP contribution in [0.15, 0.2) is 24.3 Å². The van der Waals surface area contributed by atoms with Gasteiger partial charge in [0, 0.05) is 5.54 Å². The summed E-state index contributed by atoms with van der Waals surface area (Å²) in [6, 6.07) is 8.59. The van der Waals surface area contributed by atoms with Crippen LogP contribution in [0.4, 0.5) is 0 Å². The molecule has 0 saturated carbocycles. The van der Waals surface area contributed by atoms with E-state index in [2.05, 4.69) is 57.3 Å². The van der Waals surface area contributed by atoms with Crippen LogP contribution in [-0.4, -0.2) is 7.05 Å². The Morgan fingerprint density at radius 2 is 1.79 bits per heavy atom.